The number of nitriles is 1. The fourth-order valence-corrected chi connectivity index (χ4v) is 2.13. The minimum atomic E-state index is 0.584. The maximum absolute atomic E-state index is 8.59. The predicted octanol–water partition coefficient (Wildman–Crippen LogP) is 3.24. The summed E-state index contributed by atoms with van der Waals surface area (Å²) in [5.74, 6) is 0. The van der Waals surface area contributed by atoms with E-state index in [1.807, 2.05) is 6.20 Å². The van der Waals surface area contributed by atoms with Crippen molar-refractivity contribution < 1.29 is 0 Å². The van der Waals surface area contributed by atoms with Gasteiger partial charge in [-0.15, -0.1) is 0 Å². The molecule has 1 aromatic heterocycles. The second-order valence-corrected chi connectivity index (χ2v) is 3.98. The molecule has 2 rings (SSSR count). The van der Waals surface area contributed by atoms with Gasteiger partial charge in [0.2, 0.25) is 0 Å². The average molecular weight is 198 g/mol. The van der Waals surface area contributed by atoms with Gasteiger partial charge in [0, 0.05) is 23.5 Å². The third-order valence-electron chi connectivity index (χ3n) is 2.71. The molecule has 1 N–H and O–H groups in total. The third-order valence-corrected chi connectivity index (χ3v) is 2.71. The Morgan fingerprint density at radius 1 is 1.33 bits per heavy atom. The van der Waals surface area contributed by atoms with E-state index in [1.165, 1.54) is 27.6 Å². The lowest BCUT2D eigenvalue weighted by molar-refractivity contribution is 1.02. The highest BCUT2D eigenvalue weighted by Crippen LogP contribution is 2.24. The van der Waals surface area contributed by atoms with Crippen molar-refractivity contribution in [3.8, 4) is 6.07 Å². The molecule has 1 heterocycles. The molecule has 0 fully saturated rings. The van der Waals surface area contributed by atoms with Gasteiger partial charge in [0.1, 0.15) is 0 Å². The number of nitrogens with zero attached hydrogens (tertiary/aromatic N) is 1. The number of hydrogen-bond donors (Lipinski definition) is 1. The van der Waals surface area contributed by atoms with E-state index in [0.29, 0.717) is 6.42 Å². The second-order valence-electron chi connectivity index (χ2n) is 3.98. The molecule has 0 radical (unpaired) electrons. The molecule has 0 spiro atoms. The van der Waals surface area contributed by atoms with Crippen LogP contribution >= 0.6 is 0 Å². The van der Waals surface area contributed by atoms with Crippen molar-refractivity contribution in [1.29, 1.82) is 5.26 Å². The van der Waals surface area contributed by atoms with E-state index < -0.39 is 0 Å². The summed E-state index contributed by atoms with van der Waals surface area (Å²) in [5.41, 5.74) is 5.00. The van der Waals surface area contributed by atoms with Gasteiger partial charge < -0.3 is 4.98 Å². The van der Waals surface area contributed by atoms with Crippen molar-refractivity contribution >= 4 is 10.9 Å². The first-order chi connectivity index (χ1) is 7.22. The van der Waals surface area contributed by atoms with Crippen LogP contribution in [0.5, 0.6) is 0 Å². The van der Waals surface area contributed by atoms with Gasteiger partial charge in [-0.25, -0.2) is 0 Å². The number of rotatable bonds is 2. The fourth-order valence-electron chi connectivity index (χ4n) is 2.13. The van der Waals surface area contributed by atoms with Crippen LogP contribution in [-0.2, 0) is 6.42 Å². The highest BCUT2D eigenvalue weighted by atomic mass is 14.7. The van der Waals surface area contributed by atoms with Crippen LogP contribution in [0.25, 0.3) is 10.9 Å². The summed E-state index contributed by atoms with van der Waals surface area (Å²) >= 11 is 0. The Labute approximate surface area is 89.5 Å². The van der Waals surface area contributed by atoms with Gasteiger partial charge >= 0.3 is 0 Å². The average Bonchev–Trinajstić information content (AvgIpc) is 2.58. The van der Waals surface area contributed by atoms with Crippen LogP contribution in [0.4, 0.5) is 0 Å². The minimum absolute atomic E-state index is 0.584. The zero-order chi connectivity index (χ0) is 10.8. The van der Waals surface area contributed by atoms with Crippen LogP contribution in [0.3, 0.4) is 0 Å². The van der Waals surface area contributed by atoms with E-state index in [2.05, 4.69) is 37.0 Å². The molecule has 0 amide bonds. The van der Waals surface area contributed by atoms with Crippen molar-refractivity contribution in [3.05, 3.63) is 35.0 Å². The number of fused-ring (bicyclic) bond motifs is 1. The summed E-state index contributed by atoms with van der Waals surface area (Å²) in [6.07, 6.45) is 3.44. The van der Waals surface area contributed by atoms with Crippen LogP contribution in [0.1, 0.15) is 23.1 Å². The summed E-state index contributed by atoms with van der Waals surface area (Å²) in [7, 11) is 0. The number of aromatic nitrogens is 1. The van der Waals surface area contributed by atoms with Gasteiger partial charge in [-0.1, -0.05) is 6.07 Å². The van der Waals surface area contributed by atoms with Crippen molar-refractivity contribution in [2.45, 2.75) is 26.7 Å². The zero-order valence-corrected chi connectivity index (χ0v) is 9.09. The van der Waals surface area contributed by atoms with Crippen LogP contribution in [0.2, 0.25) is 0 Å². The molecule has 2 aromatic rings. The van der Waals surface area contributed by atoms with Crippen LogP contribution < -0.4 is 0 Å². The Bertz CT molecular complexity index is 529. The summed E-state index contributed by atoms with van der Waals surface area (Å²) < 4.78 is 0. The molecule has 0 aliphatic heterocycles. The summed E-state index contributed by atoms with van der Waals surface area (Å²) in [4.78, 5) is 3.27. The molecule has 0 saturated carbocycles. The smallest absolute Gasteiger partial charge is 0.0625 e. The second kappa shape index (κ2) is 3.78. The van der Waals surface area contributed by atoms with E-state index in [1.54, 1.807) is 0 Å². The highest BCUT2D eigenvalue weighted by Gasteiger charge is 2.06. The molecule has 0 aliphatic rings. The standard InChI is InChI=1S/C13H14N2/c1-9-6-10(2)13-11(4-3-5-14)8-15-12(13)7-9/h6-8,15H,3-4H2,1-2H3. The van der Waals surface area contributed by atoms with Gasteiger partial charge in [-0.2, -0.15) is 5.26 Å². The largest absolute Gasteiger partial charge is 0.361 e. The van der Waals surface area contributed by atoms with Crippen molar-refractivity contribution in [2.24, 2.45) is 0 Å². The first kappa shape index (κ1) is 9.79. The Hall–Kier alpha value is -1.75. The highest BCUT2D eigenvalue weighted by molar-refractivity contribution is 5.87. The Morgan fingerprint density at radius 2 is 2.13 bits per heavy atom. The quantitative estimate of drug-likeness (QED) is 0.790. The van der Waals surface area contributed by atoms with Crippen LogP contribution in [0.15, 0.2) is 18.3 Å². The summed E-state index contributed by atoms with van der Waals surface area (Å²) in [5, 5.41) is 9.88. The van der Waals surface area contributed by atoms with Gasteiger partial charge in [-0.3, -0.25) is 0 Å². The molecule has 0 aliphatic carbocycles. The van der Waals surface area contributed by atoms with Gasteiger partial charge in [-0.05, 0) is 43.0 Å². The SMILES string of the molecule is Cc1cc(C)c2c(CCC#N)c[nH]c2c1. The van der Waals surface area contributed by atoms with Gasteiger partial charge in [0.15, 0.2) is 0 Å². The van der Waals surface area contributed by atoms with Crippen molar-refractivity contribution in [1.82, 2.24) is 4.98 Å². The number of aromatic amines is 1. The van der Waals surface area contributed by atoms with Gasteiger partial charge in [0.05, 0.1) is 6.07 Å². The number of nitrogens with one attached hydrogen (secondary N) is 1. The molecule has 76 valence electrons. The van der Waals surface area contributed by atoms with E-state index in [9.17, 15) is 0 Å². The summed E-state index contributed by atoms with van der Waals surface area (Å²) in [6.45, 7) is 4.22. The van der Waals surface area contributed by atoms with E-state index in [0.717, 1.165) is 6.42 Å². The molecular weight excluding hydrogens is 184 g/mol. The van der Waals surface area contributed by atoms with Crippen molar-refractivity contribution in [2.75, 3.05) is 0 Å². The minimum Gasteiger partial charge on any atom is -0.361 e. The molecular formula is C13H14N2. The molecule has 1 aromatic carbocycles. The van der Waals surface area contributed by atoms with E-state index in [4.69, 9.17) is 5.26 Å². The summed E-state index contributed by atoms with van der Waals surface area (Å²) in [6, 6.07) is 6.53. The molecule has 0 unspecified atom stereocenters. The van der Waals surface area contributed by atoms with Crippen molar-refractivity contribution in [3.63, 3.8) is 0 Å². The van der Waals surface area contributed by atoms with E-state index in [-0.39, 0.29) is 0 Å². The topological polar surface area (TPSA) is 39.6 Å². The lowest BCUT2D eigenvalue weighted by atomic mass is 10.0. The van der Waals surface area contributed by atoms with E-state index >= 15 is 0 Å². The molecule has 0 bridgehead atoms. The zero-order valence-electron chi connectivity index (χ0n) is 9.09. The lowest BCUT2D eigenvalue weighted by Crippen LogP contribution is -1.84. The first-order valence-corrected chi connectivity index (χ1v) is 5.16. The Morgan fingerprint density at radius 3 is 2.87 bits per heavy atom. The third kappa shape index (κ3) is 1.73. The van der Waals surface area contributed by atoms with Crippen LogP contribution in [-0.4, -0.2) is 4.98 Å². The molecule has 2 heteroatoms. The molecule has 15 heavy (non-hydrogen) atoms. The normalized spacial score (nSPS) is 10.5. The van der Waals surface area contributed by atoms with Gasteiger partial charge in [0.25, 0.3) is 0 Å². The maximum atomic E-state index is 8.59. The lowest BCUT2D eigenvalue weighted by Gasteiger charge is -2.01. The Kier molecular flexibility index (Phi) is 2.47. The fraction of sp³-hybridized carbons (Fsp3) is 0.308. The number of aryl methyl sites for hydroxylation is 3. The predicted molar refractivity (Wildman–Crippen MR) is 61.7 cm³/mol. The monoisotopic (exact) mass is 198 g/mol. The first-order valence-electron chi connectivity index (χ1n) is 5.16. The molecule has 0 atom stereocenters. The number of H-pyrrole nitrogens is 1. The van der Waals surface area contributed by atoms with Crippen LogP contribution in [0, 0.1) is 25.2 Å². The molecule has 2 nitrogen and oxygen atoms in total. The number of hydrogen-bond acceptors (Lipinski definition) is 1. The number of benzene rings is 1. The maximum Gasteiger partial charge on any atom is 0.0625 e. The Balaban J connectivity index is 2.55. The molecule has 0 saturated heterocycles.